The molecule has 0 radical (unpaired) electrons. The molecule has 0 amide bonds. The van der Waals surface area contributed by atoms with E-state index in [1.54, 1.807) is 31.2 Å². The van der Waals surface area contributed by atoms with Crippen LogP contribution in [0.2, 0.25) is 0 Å². The minimum Gasteiger partial charge on any atom is -0.293 e. The summed E-state index contributed by atoms with van der Waals surface area (Å²) >= 11 is 0. The van der Waals surface area contributed by atoms with Gasteiger partial charge in [-0.3, -0.25) is 4.79 Å². The largest absolute Gasteiger partial charge is 0.293 e. The first-order valence-corrected chi connectivity index (χ1v) is 4.88. The summed E-state index contributed by atoms with van der Waals surface area (Å²) in [5.41, 5.74) is 1.92. The van der Waals surface area contributed by atoms with Crippen LogP contribution in [-0.2, 0) is 0 Å². The normalized spacial score (nSPS) is 17.6. The van der Waals surface area contributed by atoms with E-state index >= 15 is 0 Å². The smallest absolute Gasteiger partial charge is 0.170 e. The van der Waals surface area contributed by atoms with E-state index in [0.717, 1.165) is 5.56 Å². The molecule has 0 saturated heterocycles. The summed E-state index contributed by atoms with van der Waals surface area (Å²) in [6.45, 7) is 1.73. The molecule has 76 valence electrons. The van der Waals surface area contributed by atoms with Gasteiger partial charge in [0.1, 0.15) is 17.7 Å². The molecule has 0 heterocycles. The maximum atomic E-state index is 11.9. The van der Waals surface area contributed by atoms with Crippen LogP contribution in [0.1, 0.15) is 22.8 Å². The topological polar surface area (TPSA) is 64.7 Å². The third-order valence-electron chi connectivity index (χ3n) is 2.80. The molecule has 0 fully saturated rings. The van der Waals surface area contributed by atoms with E-state index in [1.165, 1.54) is 0 Å². The number of allylic oxidation sites excluding steroid dienone is 2. The Bertz CT molecular complexity index is 569. The minimum absolute atomic E-state index is 0.0198. The number of Topliss-reactive ketones (excluding diaryl/α,β-unsaturated/α-hetero) is 1. The molecule has 0 aromatic heterocycles. The van der Waals surface area contributed by atoms with Gasteiger partial charge >= 0.3 is 0 Å². The molecule has 0 N–H and O–H groups in total. The fourth-order valence-corrected chi connectivity index (χ4v) is 2.03. The lowest BCUT2D eigenvalue weighted by molar-refractivity contribution is 0.0965. The molecule has 0 spiro atoms. The third-order valence-corrected chi connectivity index (χ3v) is 2.80. The number of nitrogens with zero attached hydrogens (tertiary/aromatic N) is 2. The zero-order valence-electron chi connectivity index (χ0n) is 8.69. The highest BCUT2D eigenvalue weighted by Crippen LogP contribution is 2.38. The van der Waals surface area contributed by atoms with Crippen LogP contribution >= 0.6 is 0 Å². The lowest BCUT2D eigenvalue weighted by atomic mass is 9.96. The number of benzene rings is 1. The molecule has 1 aliphatic rings. The number of hydrogen-bond donors (Lipinski definition) is 0. The van der Waals surface area contributed by atoms with E-state index in [4.69, 9.17) is 10.5 Å². The number of rotatable bonds is 0. The van der Waals surface area contributed by atoms with E-state index in [0.29, 0.717) is 11.1 Å². The maximum Gasteiger partial charge on any atom is 0.170 e. The number of carbonyl (C=O) groups is 1. The van der Waals surface area contributed by atoms with Crippen molar-refractivity contribution in [2.24, 2.45) is 5.92 Å². The van der Waals surface area contributed by atoms with Crippen LogP contribution in [0.3, 0.4) is 0 Å². The Kier molecular flexibility index (Phi) is 2.31. The van der Waals surface area contributed by atoms with Gasteiger partial charge in [-0.2, -0.15) is 10.5 Å². The van der Waals surface area contributed by atoms with Crippen LogP contribution in [0.4, 0.5) is 0 Å². The van der Waals surface area contributed by atoms with Gasteiger partial charge in [0.2, 0.25) is 0 Å². The Morgan fingerprint density at radius 3 is 2.31 bits per heavy atom. The highest BCUT2D eigenvalue weighted by molar-refractivity contribution is 6.14. The van der Waals surface area contributed by atoms with Gasteiger partial charge in [0.25, 0.3) is 0 Å². The van der Waals surface area contributed by atoms with Gasteiger partial charge in [-0.25, -0.2) is 0 Å². The molecule has 0 aliphatic heterocycles. The molecule has 1 aliphatic carbocycles. The predicted octanol–water partition coefficient (Wildman–Crippen LogP) is 2.32. The van der Waals surface area contributed by atoms with E-state index < -0.39 is 5.92 Å². The third kappa shape index (κ3) is 1.23. The number of nitriles is 2. The maximum absolute atomic E-state index is 11.9. The molecule has 1 atom stereocenters. The summed E-state index contributed by atoms with van der Waals surface area (Å²) in [5, 5.41) is 17.7. The average molecular weight is 208 g/mol. The highest BCUT2D eigenvalue weighted by Gasteiger charge is 2.33. The molecular weight excluding hydrogens is 200 g/mol. The van der Waals surface area contributed by atoms with Crippen molar-refractivity contribution in [2.45, 2.75) is 6.92 Å². The van der Waals surface area contributed by atoms with Crippen LogP contribution in [0.15, 0.2) is 29.8 Å². The molecule has 1 aromatic carbocycles. The zero-order valence-corrected chi connectivity index (χ0v) is 8.69. The Morgan fingerprint density at radius 2 is 1.75 bits per heavy atom. The Labute approximate surface area is 93.2 Å². The van der Waals surface area contributed by atoms with Crippen LogP contribution in [0.5, 0.6) is 0 Å². The molecule has 0 saturated carbocycles. The van der Waals surface area contributed by atoms with Gasteiger partial charge < -0.3 is 0 Å². The first-order chi connectivity index (χ1) is 7.70. The van der Waals surface area contributed by atoms with Crippen molar-refractivity contribution in [3.63, 3.8) is 0 Å². The number of fused-ring (bicyclic) bond motifs is 1. The Morgan fingerprint density at radius 1 is 1.19 bits per heavy atom. The molecule has 2 rings (SSSR count). The number of hydrogen-bond acceptors (Lipinski definition) is 3. The standard InChI is InChI=1S/C13H8N2O/c1-8-12(9(6-14)7-15)10-4-2-3-5-11(10)13(8)16/h2-5,8H,1H3. The van der Waals surface area contributed by atoms with Crippen molar-refractivity contribution < 1.29 is 4.79 Å². The molecule has 1 aromatic rings. The SMILES string of the molecule is CC1C(=O)c2ccccc2C1=C(C#N)C#N. The predicted molar refractivity (Wildman–Crippen MR) is 58.1 cm³/mol. The van der Waals surface area contributed by atoms with Crippen molar-refractivity contribution in [1.82, 2.24) is 0 Å². The first kappa shape index (κ1) is 10.1. The average Bonchev–Trinajstić information content (AvgIpc) is 2.57. The molecule has 3 heteroatoms. The summed E-state index contributed by atoms with van der Waals surface area (Å²) in [6, 6.07) is 10.8. The molecule has 1 unspecified atom stereocenters. The Balaban J connectivity index is 2.78. The van der Waals surface area contributed by atoms with E-state index in [9.17, 15) is 4.79 Å². The summed E-state index contributed by atoms with van der Waals surface area (Å²) in [5.74, 6) is -0.416. The van der Waals surface area contributed by atoms with Crippen molar-refractivity contribution in [1.29, 1.82) is 10.5 Å². The zero-order chi connectivity index (χ0) is 11.7. The quantitative estimate of drug-likeness (QED) is 0.614. The molecule has 16 heavy (non-hydrogen) atoms. The second-order valence-electron chi connectivity index (χ2n) is 3.64. The van der Waals surface area contributed by atoms with Gasteiger partial charge in [-0.15, -0.1) is 0 Å². The van der Waals surface area contributed by atoms with E-state index in [-0.39, 0.29) is 11.4 Å². The number of ketones is 1. The monoisotopic (exact) mass is 208 g/mol. The second-order valence-corrected chi connectivity index (χ2v) is 3.64. The van der Waals surface area contributed by atoms with Crippen molar-refractivity contribution in [3.8, 4) is 12.1 Å². The molecular formula is C13H8N2O. The van der Waals surface area contributed by atoms with Crippen molar-refractivity contribution in [2.75, 3.05) is 0 Å². The van der Waals surface area contributed by atoms with Gasteiger partial charge in [-0.1, -0.05) is 31.2 Å². The minimum atomic E-state index is -0.397. The van der Waals surface area contributed by atoms with Gasteiger partial charge in [0.15, 0.2) is 5.78 Å². The summed E-state index contributed by atoms with van der Waals surface area (Å²) in [7, 11) is 0. The van der Waals surface area contributed by atoms with Crippen molar-refractivity contribution in [3.05, 3.63) is 41.0 Å². The van der Waals surface area contributed by atoms with Crippen LogP contribution < -0.4 is 0 Å². The lowest BCUT2D eigenvalue weighted by Gasteiger charge is -2.03. The van der Waals surface area contributed by atoms with Crippen molar-refractivity contribution >= 4 is 11.4 Å². The summed E-state index contributed by atoms with van der Waals surface area (Å²) in [4.78, 5) is 11.9. The first-order valence-electron chi connectivity index (χ1n) is 4.88. The lowest BCUT2D eigenvalue weighted by Crippen LogP contribution is -2.03. The van der Waals surface area contributed by atoms with Crippen LogP contribution in [0.25, 0.3) is 5.57 Å². The van der Waals surface area contributed by atoms with Gasteiger partial charge in [-0.05, 0) is 11.1 Å². The van der Waals surface area contributed by atoms with E-state index in [1.807, 2.05) is 12.1 Å². The fraction of sp³-hybridized carbons (Fsp3) is 0.154. The fourth-order valence-electron chi connectivity index (χ4n) is 2.03. The summed E-state index contributed by atoms with van der Waals surface area (Å²) < 4.78 is 0. The Hall–Kier alpha value is -2.39. The molecule has 0 bridgehead atoms. The highest BCUT2D eigenvalue weighted by atomic mass is 16.1. The van der Waals surface area contributed by atoms with Crippen LogP contribution in [-0.4, -0.2) is 5.78 Å². The van der Waals surface area contributed by atoms with Crippen LogP contribution in [0, 0.1) is 28.6 Å². The van der Waals surface area contributed by atoms with Gasteiger partial charge in [0.05, 0.1) is 0 Å². The second kappa shape index (κ2) is 3.64. The van der Waals surface area contributed by atoms with Gasteiger partial charge in [0, 0.05) is 11.5 Å². The van der Waals surface area contributed by atoms with E-state index in [2.05, 4.69) is 0 Å². The summed E-state index contributed by atoms with van der Waals surface area (Å²) in [6.07, 6.45) is 0. The number of carbonyl (C=O) groups excluding carboxylic acids is 1. The molecule has 3 nitrogen and oxygen atoms in total.